The zero-order valence-corrected chi connectivity index (χ0v) is 11.0. The number of benzene rings is 1. The molecule has 4 nitrogen and oxygen atoms in total. The van der Waals surface area contributed by atoms with Crippen LogP contribution in [0, 0.1) is 0 Å². The van der Waals surface area contributed by atoms with Gasteiger partial charge in [-0.2, -0.15) is 5.10 Å². The fraction of sp³-hybridized carbons (Fsp3) is 0.231. The fourth-order valence-corrected chi connectivity index (χ4v) is 2.01. The zero-order chi connectivity index (χ0) is 13.1. The Morgan fingerprint density at radius 1 is 1.39 bits per heavy atom. The Morgan fingerprint density at radius 3 is 2.61 bits per heavy atom. The standard InChI is InChI=1S/C13H14ClN3O/c1-9(10-6-4-3-5-7-10)16-13(18)12-11(14)8-15-17(12)2/h3-9H,1-2H3,(H,16,18)/t9-/m0/s1. The van der Waals surface area contributed by atoms with Crippen LogP contribution in [0.25, 0.3) is 0 Å². The summed E-state index contributed by atoms with van der Waals surface area (Å²) in [7, 11) is 1.69. The molecule has 1 aromatic carbocycles. The molecule has 0 unspecified atom stereocenters. The first kappa shape index (κ1) is 12.6. The monoisotopic (exact) mass is 263 g/mol. The number of aromatic nitrogens is 2. The lowest BCUT2D eigenvalue weighted by molar-refractivity contribution is 0.0930. The van der Waals surface area contributed by atoms with E-state index in [9.17, 15) is 4.79 Å². The number of hydrogen-bond acceptors (Lipinski definition) is 2. The van der Waals surface area contributed by atoms with Crippen molar-refractivity contribution in [3.8, 4) is 0 Å². The number of hydrogen-bond donors (Lipinski definition) is 1. The highest BCUT2D eigenvalue weighted by atomic mass is 35.5. The van der Waals surface area contributed by atoms with E-state index in [0.29, 0.717) is 10.7 Å². The maximum absolute atomic E-state index is 12.1. The molecule has 0 radical (unpaired) electrons. The largest absolute Gasteiger partial charge is 0.344 e. The number of amides is 1. The highest BCUT2D eigenvalue weighted by Gasteiger charge is 2.17. The Balaban J connectivity index is 2.13. The summed E-state index contributed by atoms with van der Waals surface area (Å²) in [6.07, 6.45) is 1.46. The molecule has 0 aliphatic rings. The third-order valence-corrected chi connectivity index (χ3v) is 3.03. The Morgan fingerprint density at radius 2 is 2.06 bits per heavy atom. The number of aryl methyl sites for hydroxylation is 1. The summed E-state index contributed by atoms with van der Waals surface area (Å²) in [5.41, 5.74) is 1.42. The van der Waals surface area contributed by atoms with Crippen LogP contribution in [0.2, 0.25) is 5.02 Å². The Labute approximate surface area is 111 Å². The molecule has 2 rings (SSSR count). The van der Waals surface area contributed by atoms with E-state index in [-0.39, 0.29) is 11.9 Å². The van der Waals surface area contributed by atoms with Gasteiger partial charge < -0.3 is 5.32 Å². The summed E-state index contributed by atoms with van der Waals surface area (Å²) in [6, 6.07) is 9.68. The first-order chi connectivity index (χ1) is 8.59. The summed E-state index contributed by atoms with van der Waals surface area (Å²) in [4.78, 5) is 12.1. The number of carbonyl (C=O) groups is 1. The van der Waals surface area contributed by atoms with Crippen LogP contribution in [0.15, 0.2) is 36.5 Å². The molecule has 1 amide bonds. The average Bonchev–Trinajstić information content (AvgIpc) is 2.70. The van der Waals surface area contributed by atoms with Crippen LogP contribution in [0.4, 0.5) is 0 Å². The van der Waals surface area contributed by atoms with Crippen LogP contribution in [0.1, 0.15) is 29.0 Å². The van der Waals surface area contributed by atoms with Crippen molar-refractivity contribution in [3.63, 3.8) is 0 Å². The molecule has 0 saturated heterocycles. The van der Waals surface area contributed by atoms with Crippen molar-refractivity contribution in [1.82, 2.24) is 15.1 Å². The van der Waals surface area contributed by atoms with Crippen LogP contribution in [0.5, 0.6) is 0 Å². The van der Waals surface area contributed by atoms with Crippen molar-refractivity contribution in [3.05, 3.63) is 52.8 Å². The van der Waals surface area contributed by atoms with Gasteiger partial charge in [0.2, 0.25) is 0 Å². The molecule has 5 heteroatoms. The van der Waals surface area contributed by atoms with Crippen molar-refractivity contribution in [2.75, 3.05) is 0 Å². The summed E-state index contributed by atoms with van der Waals surface area (Å²) >= 11 is 5.93. The lowest BCUT2D eigenvalue weighted by Gasteiger charge is -2.14. The molecule has 0 fully saturated rings. The number of halogens is 1. The van der Waals surface area contributed by atoms with Gasteiger partial charge in [-0.15, -0.1) is 0 Å². The van der Waals surface area contributed by atoms with Gasteiger partial charge in [-0.1, -0.05) is 41.9 Å². The van der Waals surface area contributed by atoms with E-state index in [1.165, 1.54) is 10.9 Å². The van der Waals surface area contributed by atoms with Gasteiger partial charge in [0.1, 0.15) is 5.69 Å². The minimum absolute atomic E-state index is 0.0790. The molecule has 0 saturated carbocycles. The fourth-order valence-electron chi connectivity index (χ4n) is 1.76. The van der Waals surface area contributed by atoms with Gasteiger partial charge in [0.15, 0.2) is 0 Å². The van der Waals surface area contributed by atoms with Gasteiger partial charge in [-0.05, 0) is 12.5 Å². The van der Waals surface area contributed by atoms with E-state index in [4.69, 9.17) is 11.6 Å². The Hall–Kier alpha value is -1.81. The number of rotatable bonds is 3. The molecule has 0 aliphatic carbocycles. The molecule has 2 aromatic rings. The lowest BCUT2D eigenvalue weighted by atomic mass is 10.1. The third kappa shape index (κ3) is 2.54. The SMILES string of the molecule is C[C@H](NC(=O)c1c(Cl)cnn1C)c1ccccc1. The maximum atomic E-state index is 12.1. The number of carbonyl (C=O) groups excluding carboxylic acids is 1. The van der Waals surface area contributed by atoms with Crippen molar-refractivity contribution in [2.24, 2.45) is 7.05 Å². The summed E-state index contributed by atoms with van der Waals surface area (Å²) < 4.78 is 1.47. The van der Waals surface area contributed by atoms with Gasteiger partial charge in [-0.3, -0.25) is 9.48 Å². The molecular weight excluding hydrogens is 250 g/mol. The van der Waals surface area contributed by atoms with E-state index in [0.717, 1.165) is 5.56 Å². The van der Waals surface area contributed by atoms with E-state index in [2.05, 4.69) is 10.4 Å². The van der Waals surface area contributed by atoms with Crippen LogP contribution >= 0.6 is 11.6 Å². The third-order valence-electron chi connectivity index (χ3n) is 2.76. The average molecular weight is 264 g/mol. The molecule has 94 valence electrons. The van der Waals surface area contributed by atoms with Crippen LogP contribution in [-0.2, 0) is 7.05 Å². The second-order valence-corrected chi connectivity index (χ2v) is 4.48. The zero-order valence-electron chi connectivity index (χ0n) is 10.2. The minimum Gasteiger partial charge on any atom is -0.344 e. The molecule has 0 aliphatic heterocycles. The summed E-state index contributed by atoms with van der Waals surface area (Å²) in [5.74, 6) is -0.226. The minimum atomic E-state index is -0.226. The second-order valence-electron chi connectivity index (χ2n) is 4.07. The van der Waals surface area contributed by atoms with Crippen LogP contribution in [0.3, 0.4) is 0 Å². The molecule has 18 heavy (non-hydrogen) atoms. The molecular formula is C13H14ClN3O. The number of nitrogens with one attached hydrogen (secondary N) is 1. The smallest absolute Gasteiger partial charge is 0.271 e. The van der Waals surface area contributed by atoms with E-state index >= 15 is 0 Å². The molecule has 1 atom stereocenters. The summed E-state index contributed by atoms with van der Waals surface area (Å²) in [5, 5.41) is 7.19. The van der Waals surface area contributed by atoms with E-state index in [1.54, 1.807) is 7.05 Å². The van der Waals surface area contributed by atoms with Crippen molar-refractivity contribution in [1.29, 1.82) is 0 Å². The first-order valence-corrected chi connectivity index (χ1v) is 6.00. The predicted octanol–water partition coefficient (Wildman–Crippen LogP) is 2.56. The Bertz CT molecular complexity index is 531. The highest BCUT2D eigenvalue weighted by molar-refractivity contribution is 6.33. The quantitative estimate of drug-likeness (QED) is 0.925. The van der Waals surface area contributed by atoms with Crippen molar-refractivity contribution in [2.45, 2.75) is 13.0 Å². The molecule has 1 heterocycles. The normalized spacial score (nSPS) is 12.2. The maximum Gasteiger partial charge on any atom is 0.271 e. The number of nitrogens with zero attached hydrogens (tertiary/aromatic N) is 2. The van der Waals surface area contributed by atoms with E-state index < -0.39 is 0 Å². The molecule has 0 spiro atoms. The summed E-state index contributed by atoms with van der Waals surface area (Å²) in [6.45, 7) is 1.93. The molecule has 1 aromatic heterocycles. The lowest BCUT2D eigenvalue weighted by Crippen LogP contribution is -2.28. The topological polar surface area (TPSA) is 46.9 Å². The molecule has 0 bridgehead atoms. The Kier molecular flexibility index (Phi) is 3.67. The van der Waals surface area contributed by atoms with E-state index in [1.807, 2.05) is 37.3 Å². The highest BCUT2D eigenvalue weighted by Crippen LogP contribution is 2.16. The van der Waals surface area contributed by atoms with Gasteiger partial charge in [0.05, 0.1) is 17.3 Å². The van der Waals surface area contributed by atoms with Gasteiger partial charge in [0.25, 0.3) is 5.91 Å². The second kappa shape index (κ2) is 5.23. The van der Waals surface area contributed by atoms with Gasteiger partial charge >= 0.3 is 0 Å². The molecule has 1 N–H and O–H groups in total. The van der Waals surface area contributed by atoms with Gasteiger partial charge in [0, 0.05) is 7.05 Å². The van der Waals surface area contributed by atoms with Crippen molar-refractivity contribution < 1.29 is 4.79 Å². The predicted molar refractivity (Wildman–Crippen MR) is 70.5 cm³/mol. The van der Waals surface area contributed by atoms with Crippen LogP contribution in [-0.4, -0.2) is 15.7 Å². The first-order valence-electron chi connectivity index (χ1n) is 5.63. The van der Waals surface area contributed by atoms with Crippen molar-refractivity contribution >= 4 is 17.5 Å². The van der Waals surface area contributed by atoms with Crippen LogP contribution < -0.4 is 5.32 Å². The van der Waals surface area contributed by atoms with Gasteiger partial charge in [-0.25, -0.2) is 0 Å².